The summed E-state index contributed by atoms with van der Waals surface area (Å²) in [5.74, 6) is 1.03. The Kier molecular flexibility index (Phi) is 3.53. The number of nitrogens with one attached hydrogen (secondary N) is 1. The molecule has 6 nitrogen and oxygen atoms in total. The summed E-state index contributed by atoms with van der Waals surface area (Å²) in [7, 11) is 1.90. The summed E-state index contributed by atoms with van der Waals surface area (Å²) in [5.41, 5.74) is 5.02. The average Bonchev–Trinajstić information content (AvgIpc) is 3.14. The molecule has 2 aromatic carbocycles. The van der Waals surface area contributed by atoms with Crippen LogP contribution in [0.1, 0.15) is 35.7 Å². The lowest BCUT2D eigenvalue weighted by atomic mass is 10.0. The van der Waals surface area contributed by atoms with Crippen molar-refractivity contribution < 1.29 is 9.21 Å². The summed E-state index contributed by atoms with van der Waals surface area (Å²) >= 11 is 0. The number of carbonyl (C=O) groups excluding carboxylic acids is 1. The van der Waals surface area contributed by atoms with Gasteiger partial charge in [0.15, 0.2) is 5.58 Å². The van der Waals surface area contributed by atoms with Crippen LogP contribution in [-0.2, 0) is 7.05 Å². The van der Waals surface area contributed by atoms with Gasteiger partial charge in [-0.1, -0.05) is 19.9 Å². The van der Waals surface area contributed by atoms with E-state index in [1.807, 2.05) is 29.8 Å². The second kappa shape index (κ2) is 5.73. The minimum Gasteiger partial charge on any atom is -0.423 e. The molecule has 0 radical (unpaired) electrons. The minimum atomic E-state index is 0.393. The number of anilines is 2. The maximum Gasteiger partial charge on any atom is 0.302 e. The number of fused-ring (bicyclic) bond motifs is 2. The van der Waals surface area contributed by atoms with E-state index in [-0.39, 0.29) is 0 Å². The molecule has 0 aliphatic heterocycles. The normalized spacial score (nSPS) is 11.5. The van der Waals surface area contributed by atoms with Gasteiger partial charge in [-0.3, -0.25) is 10.1 Å². The van der Waals surface area contributed by atoms with Gasteiger partial charge in [-0.2, -0.15) is 4.98 Å². The molecule has 0 aliphatic carbocycles. The average molecular weight is 334 g/mol. The van der Waals surface area contributed by atoms with Crippen molar-refractivity contribution in [3.05, 3.63) is 47.5 Å². The molecule has 2 heterocycles. The number of benzene rings is 2. The number of aryl methyl sites for hydroxylation is 1. The molecule has 126 valence electrons. The zero-order valence-electron chi connectivity index (χ0n) is 14.3. The van der Waals surface area contributed by atoms with Gasteiger partial charge in [0.1, 0.15) is 11.8 Å². The fraction of sp³-hybridized carbons (Fsp3) is 0.211. The Morgan fingerprint density at radius 1 is 1.12 bits per heavy atom. The molecule has 0 amide bonds. The van der Waals surface area contributed by atoms with Gasteiger partial charge in [0.05, 0.1) is 11.0 Å². The molecule has 0 unspecified atom stereocenters. The second-order valence-corrected chi connectivity index (χ2v) is 6.39. The molecule has 1 N–H and O–H groups in total. The Morgan fingerprint density at radius 3 is 2.72 bits per heavy atom. The van der Waals surface area contributed by atoms with Gasteiger partial charge in [0, 0.05) is 12.6 Å². The molecule has 6 heteroatoms. The molecule has 0 bridgehead atoms. The second-order valence-electron chi connectivity index (χ2n) is 6.39. The molecule has 4 rings (SSSR count). The van der Waals surface area contributed by atoms with Gasteiger partial charge in [0.25, 0.3) is 0 Å². The van der Waals surface area contributed by atoms with Crippen LogP contribution in [0.15, 0.2) is 40.8 Å². The van der Waals surface area contributed by atoms with Gasteiger partial charge in [0.2, 0.25) is 5.95 Å². The van der Waals surface area contributed by atoms with Crippen LogP contribution in [0.25, 0.3) is 22.1 Å². The van der Waals surface area contributed by atoms with Crippen molar-refractivity contribution in [1.82, 2.24) is 14.5 Å². The lowest BCUT2D eigenvalue weighted by Crippen LogP contribution is -1.98. The van der Waals surface area contributed by atoms with Gasteiger partial charge < -0.3 is 8.98 Å². The van der Waals surface area contributed by atoms with Crippen molar-refractivity contribution in [1.29, 1.82) is 0 Å². The van der Waals surface area contributed by atoms with Gasteiger partial charge >= 0.3 is 6.01 Å². The number of carbonyl (C=O) groups is 1. The third-order valence-corrected chi connectivity index (χ3v) is 4.34. The number of hydrogen-bond donors (Lipinski definition) is 1. The summed E-state index contributed by atoms with van der Waals surface area (Å²) in [5, 5.41) is 3.12. The highest BCUT2D eigenvalue weighted by Gasteiger charge is 2.13. The van der Waals surface area contributed by atoms with Crippen LogP contribution in [0, 0.1) is 0 Å². The van der Waals surface area contributed by atoms with E-state index in [0.717, 1.165) is 28.4 Å². The first-order valence-corrected chi connectivity index (χ1v) is 8.14. The molecule has 0 saturated carbocycles. The van der Waals surface area contributed by atoms with Gasteiger partial charge in [-0.05, 0) is 41.8 Å². The lowest BCUT2D eigenvalue weighted by molar-refractivity contribution is 0.112. The molecule has 0 fully saturated rings. The predicted octanol–water partition coefficient (Wildman–Crippen LogP) is 4.39. The van der Waals surface area contributed by atoms with Crippen LogP contribution in [0.5, 0.6) is 0 Å². The number of aromatic nitrogens is 3. The Hall–Kier alpha value is -3.15. The van der Waals surface area contributed by atoms with E-state index >= 15 is 0 Å². The van der Waals surface area contributed by atoms with Crippen molar-refractivity contribution in [3.63, 3.8) is 0 Å². The Balaban J connectivity index is 1.72. The molecule has 0 aliphatic rings. The third-order valence-electron chi connectivity index (χ3n) is 4.34. The molecule has 0 atom stereocenters. The number of hydrogen-bond acceptors (Lipinski definition) is 5. The van der Waals surface area contributed by atoms with Crippen LogP contribution < -0.4 is 5.32 Å². The van der Waals surface area contributed by atoms with Crippen molar-refractivity contribution in [2.24, 2.45) is 7.05 Å². The minimum absolute atomic E-state index is 0.393. The zero-order valence-corrected chi connectivity index (χ0v) is 14.3. The van der Waals surface area contributed by atoms with Crippen LogP contribution >= 0.6 is 0 Å². The predicted molar refractivity (Wildman–Crippen MR) is 97.5 cm³/mol. The van der Waals surface area contributed by atoms with E-state index in [4.69, 9.17) is 4.42 Å². The number of oxazole rings is 1. The van der Waals surface area contributed by atoms with Crippen LogP contribution in [0.2, 0.25) is 0 Å². The highest BCUT2D eigenvalue weighted by Crippen LogP contribution is 2.26. The maximum atomic E-state index is 10.9. The first-order chi connectivity index (χ1) is 12.0. The first-order valence-electron chi connectivity index (χ1n) is 8.14. The van der Waals surface area contributed by atoms with E-state index in [1.54, 1.807) is 12.1 Å². The summed E-state index contributed by atoms with van der Waals surface area (Å²) in [6, 6.07) is 11.8. The van der Waals surface area contributed by atoms with E-state index in [9.17, 15) is 4.79 Å². The topological polar surface area (TPSA) is 73.0 Å². The lowest BCUT2D eigenvalue weighted by Gasteiger charge is -2.02. The number of aldehydes is 1. The Bertz CT molecular complexity index is 1090. The molecule has 0 spiro atoms. The van der Waals surface area contributed by atoms with Crippen molar-refractivity contribution >= 4 is 40.4 Å². The fourth-order valence-corrected chi connectivity index (χ4v) is 2.85. The van der Waals surface area contributed by atoms with Crippen molar-refractivity contribution in [2.45, 2.75) is 19.8 Å². The monoisotopic (exact) mass is 334 g/mol. The smallest absolute Gasteiger partial charge is 0.302 e. The van der Waals surface area contributed by atoms with Crippen LogP contribution in [0.4, 0.5) is 12.0 Å². The first kappa shape index (κ1) is 15.4. The fourth-order valence-electron chi connectivity index (χ4n) is 2.85. The summed E-state index contributed by atoms with van der Waals surface area (Å²) < 4.78 is 7.73. The summed E-state index contributed by atoms with van der Waals surface area (Å²) in [4.78, 5) is 19.9. The van der Waals surface area contributed by atoms with Crippen molar-refractivity contribution in [2.75, 3.05) is 5.32 Å². The van der Waals surface area contributed by atoms with E-state index in [1.165, 1.54) is 5.56 Å². The molecular weight excluding hydrogens is 316 g/mol. The Morgan fingerprint density at radius 2 is 1.96 bits per heavy atom. The molecule has 2 aromatic heterocycles. The highest BCUT2D eigenvalue weighted by molar-refractivity contribution is 5.86. The van der Waals surface area contributed by atoms with Gasteiger partial charge in [-0.15, -0.1) is 0 Å². The van der Waals surface area contributed by atoms with E-state index in [2.05, 4.69) is 35.2 Å². The zero-order chi connectivity index (χ0) is 17.6. The molecule has 0 saturated heterocycles. The number of nitrogens with zero attached hydrogens (tertiary/aromatic N) is 3. The molecule has 4 aromatic rings. The van der Waals surface area contributed by atoms with Gasteiger partial charge in [-0.25, -0.2) is 4.98 Å². The largest absolute Gasteiger partial charge is 0.423 e. The van der Waals surface area contributed by atoms with E-state index < -0.39 is 0 Å². The molecule has 25 heavy (non-hydrogen) atoms. The highest BCUT2D eigenvalue weighted by atomic mass is 16.4. The number of imidazole rings is 1. The summed E-state index contributed by atoms with van der Waals surface area (Å²) in [6.07, 6.45) is 0.814. The standard InChI is InChI=1S/C19H18N4O2/c1-11(2)13-5-6-14-17(9-13)25-19(21-14)22-18-20-15-8-12(10-24)4-7-16(15)23(18)3/h4-11H,1-3H3,(H,20,21,22). The van der Waals surface area contributed by atoms with E-state index in [0.29, 0.717) is 23.4 Å². The van der Waals surface area contributed by atoms with Crippen molar-refractivity contribution in [3.8, 4) is 0 Å². The summed E-state index contributed by atoms with van der Waals surface area (Å²) in [6.45, 7) is 4.29. The third kappa shape index (κ3) is 2.65. The SMILES string of the molecule is CC(C)c1ccc2nc(Nc3nc4cc(C=O)ccc4n3C)oc2c1. The van der Waals surface area contributed by atoms with Crippen LogP contribution in [-0.4, -0.2) is 20.8 Å². The quantitative estimate of drug-likeness (QED) is 0.560. The maximum absolute atomic E-state index is 10.9. The molecular formula is C19H18N4O2. The Labute approximate surface area is 144 Å². The number of rotatable bonds is 4. The van der Waals surface area contributed by atoms with Crippen LogP contribution in [0.3, 0.4) is 0 Å².